The summed E-state index contributed by atoms with van der Waals surface area (Å²) in [4.78, 5) is 14.5. The minimum Gasteiger partial charge on any atom is -0.381 e. The minimum absolute atomic E-state index is 0.104. The normalized spacial score (nSPS) is 16.0. The van der Waals surface area contributed by atoms with Gasteiger partial charge < -0.3 is 19.5 Å². The van der Waals surface area contributed by atoms with Crippen molar-refractivity contribution in [3.05, 3.63) is 30.5 Å². The first-order valence-corrected chi connectivity index (χ1v) is 8.73. The highest BCUT2D eigenvalue weighted by Crippen LogP contribution is 2.22. The monoisotopic (exact) mass is 329 g/mol. The summed E-state index contributed by atoms with van der Waals surface area (Å²) in [6, 6.07) is 8.26. The molecule has 1 aliphatic heterocycles. The number of nitrogens with one attached hydrogen (secondary N) is 1. The molecule has 2 aromatic rings. The van der Waals surface area contributed by atoms with Gasteiger partial charge >= 0.3 is 0 Å². The van der Waals surface area contributed by atoms with Crippen LogP contribution in [0.15, 0.2) is 30.5 Å². The van der Waals surface area contributed by atoms with E-state index in [1.54, 1.807) is 0 Å². The molecule has 0 spiro atoms. The molecule has 0 atom stereocenters. The van der Waals surface area contributed by atoms with E-state index in [-0.39, 0.29) is 5.91 Å². The smallest absolute Gasteiger partial charge is 0.224 e. The molecular formula is C19H27N3O2. The third-order valence-electron chi connectivity index (χ3n) is 4.66. The van der Waals surface area contributed by atoms with Crippen LogP contribution < -0.4 is 5.32 Å². The number of likely N-dealkylation sites (N-methyl/N-ethyl adjacent to an activating group) is 1. The highest BCUT2D eigenvalue weighted by molar-refractivity contribution is 5.93. The molecule has 0 aliphatic carbocycles. The van der Waals surface area contributed by atoms with Crippen LogP contribution in [-0.2, 0) is 16.1 Å². The predicted octanol–water partition coefficient (Wildman–Crippen LogP) is 2.96. The van der Waals surface area contributed by atoms with Crippen LogP contribution in [0.25, 0.3) is 10.9 Å². The lowest BCUT2D eigenvalue weighted by Gasteiger charge is -2.21. The molecule has 0 unspecified atom stereocenters. The van der Waals surface area contributed by atoms with E-state index in [4.69, 9.17) is 4.74 Å². The third kappa shape index (κ3) is 4.36. The second-order valence-corrected chi connectivity index (χ2v) is 6.89. The summed E-state index contributed by atoms with van der Waals surface area (Å²) < 4.78 is 7.59. The summed E-state index contributed by atoms with van der Waals surface area (Å²) in [6.07, 6.45) is 4.67. The van der Waals surface area contributed by atoms with Gasteiger partial charge in [-0.05, 0) is 56.4 Å². The van der Waals surface area contributed by atoms with E-state index in [0.29, 0.717) is 12.3 Å². The Kier molecular flexibility index (Phi) is 5.53. The van der Waals surface area contributed by atoms with Gasteiger partial charge in [0.1, 0.15) is 0 Å². The van der Waals surface area contributed by atoms with Crippen molar-refractivity contribution < 1.29 is 9.53 Å². The molecule has 1 amide bonds. The Hall–Kier alpha value is -1.85. The van der Waals surface area contributed by atoms with Crippen molar-refractivity contribution in [1.29, 1.82) is 0 Å². The standard InChI is InChI=1S/C19H27N3O2/c1-21(2)9-10-22-8-5-16-3-4-17(14-18(16)22)20-19(23)13-15-6-11-24-12-7-15/h3-5,8,14-15H,6-7,9-13H2,1-2H3,(H,20,23). The Balaban J connectivity index is 1.65. The number of aromatic nitrogens is 1. The highest BCUT2D eigenvalue weighted by Gasteiger charge is 2.17. The van der Waals surface area contributed by atoms with Crippen molar-refractivity contribution in [3.63, 3.8) is 0 Å². The van der Waals surface area contributed by atoms with Gasteiger partial charge in [-0.25, -0.2) is 0 Å². The van der Waals surface area contributed by atoms with Crippen molar-refractivity contribution in [2.24, 2.45) is 5.92 Å². The molecule has 1 fully saturated rings. The van der Waals surface area contributed by atoms with Crippen LogP contribution >= 0.6 is 0 Å². The zero-order valence-corrected chi connectivity index (χ0v) is 14.6. The molecule has 3 rings (SSSR count). The van der Waals surface area contributed by atoms with E-state index in [9.17, 15) is 4.79 Å². The van der Waals surface area contributed by atoms with E-state index in [2.05, 4.69) is 53.3 Å². The fourth-order valence-electron chi connectivity index (χ4n) is 3.19. The first-order valence-electron chi connectivity index (χ1n) is 8.73. The molecular weight excluding hydrogens is 302 g/mol. The lowest BCUT2D eigenvalue weighted by atomic mass is 9.96. The van der Waals surface area contributed by atoms with Crippen LogP contribution in [0.5, 0.6) is 0 Å². The number of benzene rings is 1. The molecule has 130 valence electrons. The fraction of sp³-hybridized carbons (Fsp3) is 0.526. The van der Waals surface area contributed by atoms with Gasteiger partial charge in [0, 0.05) is 44.6 Å². The first kappa shape index (κ1) is 17.0. The molecule has 1 N–H and O–H groups in total. The average Bonchev–Trinajstić information content (AvgIpc) is 2.96. The Labute approximate surface area is 143 Å². The van der Waals surface area contributed by atoms with E-state index in [1.807, 2.05) is 6.07 Å². The van der Waals surface area contributed by atoms with Gasteiger partial charge in [-0.1, -0.05) is 6.07 Å². The number of ether oxygens (including phenoxy) is 1. The van der Waals surface area contributed by atoms with Crippen molar-refractivity contribution in [1.82, 2.24) is 9.47 Å². The number of carbonyl (C=O) groups is 1. The topological polar surface area (TPSA) is 46.5 Å². The lowest BCUT2D eigenvalue weighted by molar-refractivity contribution is -0.117. The van der Waals surface area contributed by atoms with Crippen LogP contribution in [0.1, 0.15) is 19.3 Å². The Morgan fingerprint density at radius 3 is 2.83 bits per heavy atom. The van der Waals surface area contributed by atoms with Gasteiger partial charge in [-0.3, -0.25) is 4.79 Å². The van der Waals surface area contributed by atoms with Gasteiger partial charge in [-0.15, -0.1) is 0 Å². The molecule has 5 heteroatoms. The van der Waals surface area contributed by atoms with Gasteiger partial charge in [0.25, 0.3) is 0 Å². The number of hydrogen-bond donors (Lipinski definition) is 1. The number of rotatable bonds is 6. The molecule has 0 radical (unpaired) electrons. The third-order valence-corrected chi connectivity index (χ3v) is 4.66. The van der Waals surface area contributed by atoms with E-state index in [0.717, 1.165) is 44.8 Å². The van der Waals surface area contributed by atoms with Crippen LogP contribution in [0.4, 0.5) is 5.69 Å². The second-order valence-electron chi connectivity index (χ2n) is 6.89. The van der Waals surface area contributed by atoms with Crippen LogP contribution in [-0.4, -0.2) is 49.2 Å². The number of carbonyl (C=O) groups excluding carboxylic acids is 1. The van der Waals surface area contributed by atoms with E-state index < -0.39 is 0 Å². The Bertz CT molecular complexity index is 687. The molecule has 1 aromatic carbocycles. The fourth-order valence-corrected chi connectivity index (χ4v) is 3.19. The molecule has 5 nitrogen and oxygen atoms in total. The Morgan fingerprint density at radius 1 is 1.29 bits per heavy atom. The molecule has 24 heavy (non-hydrogen) atoms. The van der Waals surface area contributed by atoms with Crippen LogP contribution in [0, 0.1) is 5.92 Å². The first-order chi connectivity index (χ1) is 11.6. The number of fused-ring (bicyclic) bond motifs is 1. The quantitative estimate of drug-likeness (QED) is 0.886. The number of amides is 1. The summed E-state index contributed by atoms with van der Waals surface area (Å²) in [7, 11) is 4.15. The number of anilines is 1. The van der Waals surface area contributed by atoms with Crippen molar-refractivity contribution in [2.45, 2.75) is 25.8 Å². The van der Waals surface area contributed by atoms with Crippen molar-refractivity contribution >= 4 is 22.5 Å². The Morgan fingerprint density at radius 2 is 2.08 bits per heavy atom. The van der Waals surface area contributed by atoms with Crippen LogP contribution in [0.3, 0.4) is 0 Å². The molecule has 2 heterocycles. The molecule has 1 aliphatic rings. The highest BCUT2D eigenvalue weighted by atomic mass is 16.5. The van der Waals surface area contributed by atoms with Crippen molar-refractivity contribution in [3.8, 4) is 0 Å². The van der Waals surface area contributed by atoms with Gasteiger partial charge in [-0.2, -0.15) is 0 Å². The molecule has 1 aromatic heterocycles. The van der Waals surface area contributed by atoms with E-state index in [1.165, 1.54) is 10.9 Å². The lowest BCUT2D eigenvalue weighted by Crippen LogP contribution is -2.22. The zero-order chi connectivity index (χ0) is 16.9. The molecule has 1 saturated heterocycles. The summed E-state index contributed by atoms with van der Waals surface area (Å²) in [5.74, 6) is 0.555. The van der Waals surface area contributed by atoms with E-state index >= 15 is 0 Å². The largest absolute Gasteiger partial charge is 0.381 e. The van der Waals surface area contributed by atoms with Gasteiger partial charge in [0.15, 0.2) is 0 Å². The summed E-state index contributed by atoms with van der Waals surface area (Å²) in [5, 5.41) is 4.26. The summed E-state index contributed by atoms with van der Waals surface area (Å²) in [5.41, 5.74) is 2.05. The van der Waals surface area contributed by atoms with Crippen LogP contribution in [0.2, 0.25) is 0 Å². The average molecular weight is 329 g/mol. The van der Waals surface area contributed by atoms with Crippen molar-refractivity contribution in [2.75, 3.05) is 39.2 Å². The molecule has 0 bridgehead atoms. The zero-order valence-electron chi connectivity index (χ0n) is 14.6. The second kappa shape index (κ2) is 7.81. The van der Waals surface area contributed by atoms with Gasteiger partial charge in [0.2, 0.25) is 5.91 Å². The maximum atomic E-state index is 12.3. The maximum Gasteiger partial charge on any atom is 0.224 e. The molecule has 0 saturated carbocycles. The number of nitrogens with zero attached hydrogens (tertiary/aromatic N) is 2. The predicted molar refractivity (Wildman–Crippen MR) is 97.3 cm³/mol. The SMILES string of the molecule is CN(C)CCn1ccc2ccc(NC(=O)CC3CCOCC3)cc21. The minimum atomic E-state index is 0.104. The summed E-state index contributed by atoms with van der Waals surface area (Å²) >= 11 is 0. The van der Waals surface area contributed by atoms with Gasteiger partial charge in [0.05, 0.1) is 5.52 Å². The summed E-state index contributed by atoms with van der Waals surface area (Å²) in [6.45, 7) is 3.49. The maximum absolute atomic E-state index is 12.3. The number of hydrogen-bond acceptors (Lipinski definition) is 3.